The first kappa shape index (κ1) is 12.9. The van der Waals surface area contributed by atoms with E-state index >= 15 is 0 Å². The zero-order valence-corrected chi connectivity index (χ0v) is 10.4. The van der Waals surface area contributed by atoms with Crippen LogP contribution in [0.15, 0.2) is 0 Å². The largest absolute Gasteiger partial charge is 0.391 e. The van der Waals surface area contributed by atoms with Gasteiger partial charge in [-0.1, -0.05) is 13.8 Å². The van der Waals surface area contributed by atoms with Crippen molar-refractivity contribution in [3.63, 3.8) is 0 Å². The van der Waals surface area contributed by atoms with E-state index in [0.29, 0.717) is 17.9 Å². The third-order valence-electron chi connectivity index (χ3n) is 3.64. The van der Waals surface area contributed by atoms with E-state index < -0.39 is 0 Å². The number of ether oxygens (including phenoxy) is 1. The third kappa shape index (κ3) is 3.74. The molecule has 1 rings (SSSR count). The van der Waals surface area contributed by atoms with Crippen LogP contribution in [0.3, 0.4) is 0 Å². The molecule has 1 N–H and O–H groups in total. The minimum absolute atomic E-state index is 0.237. The Morgan fingerprint density at radius 2 is 2.07 bits per heavy atom. The van der Waals surface area contributed by atoms with Crippen LogP contribution in [-0.4, -0.2) is 49.0 Å². The van der Waals surface area contributed by atoms with E-state index in [1.165, 1.54) is 0 Å². The van der Waals surface area contributed by atoms with E-state index in [0.717, 1.165) is 26.2 Å². The van der Waals surface area contributed by atoms with Crippen molar-refractivity contribution in [1.29, 1.82) is 0 Å². The van der Waals surface area contributed by atoms with Gasteiger partial charge in [-0.3, -0.25) is 0 Å². The summed E-state index contributed by atoms with van der Waals surface area (Å²) in [5.74, 6) is 0.967. The number of nitrogens with zero attached hydrogens (tertiary/aromatic N) is 1. The molecule has 0 amide bonds. The van der Waals surface area contributed by atoms with Gasteiger partial charge in [0.05, 0.1) is 12.7 Å². The molecule has 1 aliphatic heterocycles. The number of likely N-dealkylation sites (N-methyl/N-ethyl adjacent to an activating group) is 1. The Balaban J connectivity index is 2.32. The zero-order valence-electron chi connectivity index (χ0n) is 10.4. The molecule has 3 nitrogen and oxygen atoms in total. The van der Waals surface area contributed by atoms with Crippen LogP contribution in [0.25, 0.3) is 0 Å². The lowest BCUT2D eigenvalue weighted by atomic mass is 9.99. The molecule has 3 atom stereocenters. The van der Waals surface area contributed by atoms with Crippen LogP contribution in [0.5, 0.6) is 0 Å². The van der Waals surface area contributed by atoms with Gasteiger partial charge in [-0.05, 0) is 26.3 Å². The normalized spacial score (nSPS) is 26.2. The van der Waals surface area contributed by atoms with Crippen molar-refractivity contribution in [2.24, 2.45) is 11.8 Å². The molecule has 0 saturated carbocycles. The molecule has 1 fully saturated rings. The lowest BCUT2D eigenvalue weighted by Gasteiger charge is -2.31. The first-order chi connectivity index (χ1) is 7.02. The van der Waals surface area contributed by atoms with Gasteiger partial charge < -0.3 is 14.7 Å². The second-order valence-electron chi connectivity index (χ2n) is 5.12. The van der Waals surface area contributed by atoms with Crippen molar-refractivity contribution >= 4 is 0 Å². The first-order valence-electron chi connectivity index (χ1n) is 5.98. The van der Waals surface area contributed by atoms with Gasteiger partial charge in [0.1, 0.15) is 0 Å². The van der Waals surface area contributed by atoms with Gasteiger partial charge in [0.25, 0.3) is 0 Å². The van der Waals surface area contributed by atoms with E-state index in [2.05, 4.69) is 32.7 Å². The van der Waals surface area contributed by atoms with Crippen LogP contribution in [0, 0.1) is 11.8 Å². The fourth-order valence-electron chi connectivity index (χ4n) is 1.98. The van der Waals surface area contributed by atoms with Gasteiger partial charge in [-0.2, -0.15) is 0 Å². The Bertz CT molecular complexity index is 172. The van der Waals surface area contributed by atoms with E-state index in [1.807, 2.05) is 0 Å². The highest BCUT2D eigenvalue weighted by atomic mass is 16.5. The molecule has 1 saturated heterocycles. The van der Waals surface area contributed by atoms with Crippen LogP contribution < -0.4 is 0 Å². The van der Waals surface area contributed by atoms with Gasteiger partial charge in [0.15, 0.2) is 0 Å². The summed E-state index contributed by atoms with van der Waals surface area (Å²) in [6.45, 7) is 8.94. The minimum Gasteiger partial charge on any atom is -0.391 e. The number of aliphatic hydroxyl groups is 1. The average molecular weight is 215 g/mol. The molecule has 3 unspecified atom stereocenters. The van der Waals surface area contributed by atoms with Gasteiger partial charge in [0.2, 0.25) is 0 Å². The Morgan fingerprint density at radius 1 is 1.40 bits per heavy atom. The zero-order chi connectivity index (χ0) is 11.4. The monoisotopic (exact) mass is 215 g/mol. The summed E-state index contributed by atoms with van der Waals surface area (Å²) in [4.78, 5) is 2.24. The molecule has 1 aliphatic rings. The summed E-state index contributed by atoms with van der Waals surface area (Å²) < 4.78 is 5.29. The lowest BCUT2D eigenvalue weighted by Crippen LogP contribution is -2.41. The molecule has 1 heterocycles. The summed E-state index contributed by atoms with van der Waals surface area (Å²) in [5.41, 5.74) is 0. The minimum atomic E-state index is -0.237. The quantitative estimate of drug-likeness (QED) is 0.751. The van der Waals surface area contributed by atoms with Crippen LogP contribution in [0.2, 0.25) is 0 Å². The number of hydrogen-bond donors (Lipinski definition) is 1. The fourth-order valence-corrected chi connectivity index (χ4v) is 1.98. The second-order valence-corrected chi connectivity index (χ2v) is 5.12. The summed E-state index contributed by atoms with van der Waals surface area (Å²) in [7, 11) is 2.09. The molecule has 0 bridgehead atoms. The van der Waals surface area contributed by atoms with Crippen LogP contribution >= 0.6 is 0 Å². The molecular weight excluding hydrogens is 190 g/mol. The summed E-state index contributed by atoms with van der Waals surface area (Å²) in [5, 5.41) is 10.0. The predicted octanol–water partition coefficient (Wildman–Crippen LogP) is 1.36. The van der Waals surface area contributed by atoms with Crippen molar-refractivity contribution in [3.05, 3.63) is 0 Å². The molecule has 0 aromatic rings. The second kappa shape index (κ2) is 5.83. The third-order valence-corrected chi connectivity index (χ3v) is 3.64. The van der Waals surface area contributed by atoms with E-state index in [1.54, 1.807) is 0 Å². The SMILES string of the molecule is CC(C)C(C)N(C)CC(O)C1CCOC1. The van der Waals surface area contributed by atoms with Crippen molar-refractivity contribution in [1.82, 2.24) is 4.90 Å². The maximum absolute atomic E-state index is 10.0. The molecule has 90 valence electrons. The van der Waals surface area contributed by atoms with Gasteiger partial charge in [-0.25, -0.2) is 0 Å². The predicted molar refractivity (Wildman–Crippen MR) is 61.9 cm³/mol. The Kier molecular flexibility index (Phi) is 5.03. The number of hydrogen-bond acceptors (Lipinski definition) is 3. The summed E-state index contributed by atoms with van der Waals surface area (Å²) in [6.07, 6.45) is 0.768. The van der Waals surface area contributed by atoms with Crippen LogP contribution in [0.4, 0.5) is 0 Å². The molecule has 0 aromatic carbocycles. The highest BCUT2D eigenvalue weighted by Crippen LogP contribution is 2.18. The molecule has 0 aliphatic carbocycles. The maximum atomic E-state index is 10.0. The molecule has 3 heteroatoms. The fraction of sp³-hybridized carbons (Fsp3) is 1.00. The maximum Gasteiger partial charge on any atom is 0.0718 e. The van der Waals surface area contributed by atoms with Crippen molar-refractivity contribution < 1.29 is 9.84 Å². The smallest absolute Gasteiger partial charge is 0.0718 e. The van der Waals surface area contributed by atoms with Gasteiger partial charge in [0, 0.05) is 25.1 Å². The molecule has 0 aromatic heterocycles. The van der Waals surface area contributed by atoms with Crippen LogP contribution in [-0.2, 0) is 4.74 Å². The van der Waals surface area contributed by atoms with Gasteiger partial charge in [-0.15, -0.1) is 0 Å². The lowest BCUT2D eigenvalue weighted by molar-refractivity contribution is 0.0470. The Morgan fingerprint density at radius 3 is 2.53 bits per heavy atom. The van der Waals surface area contributed by atoms with Crippen molar-refractivity contribution in [2.45, 2.75) is 39.3 Å². The topological polar surface area (TPSA) is 32.7 Å². The average Bonchev–Trinajstić information content (AvgIpc) is 2.68. The highest BCUT2D eigenvalue weighted by Gasteiger charge is 2.26. The Hall–Kier alpha value is -0.120. The van der Waals surface area contributed by atoms with Crippen LogP contribution in [0.1, 0.15) is 27.2 Å². The Labute approximate surface area is 93.4 Å². The van der Waals surface area contributed by atoms with E-state index in [9.17, 15) is 5.11 Å². The number of rotatable bonds is 5. The number of aliphatic hydroxyl groups excluding tert-OH is 1. The molecule has 0 radical (unpaired) electrons. The van der Waals surface area contributed by atoms with Crippen molar-refractivity contribution in [3.8, 4) is 0 Å². The molecule has 15 heavy (non-hydrogen) atoms. The van der Waals surface area contributed by atoms with Gasteiger partial charge >= 0.3 is 0 Å². The van der Waals surface area contributed by atoms with E-state index in [-0.39, 0.29) is 6.10 Å². The summed E-state index contributed by atoms with van der Waals surface area (Å²) >= 11 is 0. The van der Waals surface area contributed by atoms with Crippen molar-refractivity contribution in [2.75, 3.05) is 26.8 Å². The first-order valence-corrected chi connectivity index (χ1v) is 5.98. The summed E-state index contributed by atoms with van der Waals surface area (Å²) in [6, 6.07) is 0.516. The van der Waals surface area contributed by atoms with E-state index in [4.69, 9.17) is 4.74 Å². The molecular formula is C12H25NO2. The highest BCUT2D eigenvalue weighted by molar-refractivity contribution is 4.77. The molecule has 0 spiro atoms. The standard InChI is InChI=1S/C12H25NO2/c1-9(2)10(3)13(4)7-12(14)11-5-6-15-8-11/h9-12,14H,5-8H2,1-4H3.